The lowest BCUT2D eigenvalue weighted by Crippen LogP contribution is -2.58. The molecule has 4 heteroatoms. The molecule has 2 heterocycles. The Bertz CT molecular complexity index is 244. The van der Waals surface area contributed by atoms with Crippen molar-refractivity contribution in [2.45, 2.75) is 50.7 Å². The van der Waals surface area contributed by atoms with E-state index in [9.17, 15) is 4.39 Å². The summed E-state index contributed by atoms with van der Waals surface area (Å²) in [4.78, 5) is 2.47. The number of hydrogen-bond donors (Lipinski definition) is 0. The van der Waals surface area contributed by atoms with Gasteiger partial charge in [-0.2, -0.15) is 0 Å². The van der Waals surface area contributed by atoms with Gasteiger partial charge >= 0.3 is 0 Å². The lowest BCUT2D eigenvalue weighted by Gasteiger charge is -2.47. The van der Waals surface area contributed by atoms with E-state index in [1.807, 2.05) is 0 Å². The minimum absolute atomic E-state index is 0.0734. The number of halogens is 1. The molecule has 0 aromatic carbocycles. The Morgan fingerprint density at radius 1 is 1.33 bits per heavy atom. The summed E-state index contributed by atoms with van der Waals surface area (Å²) in [7, 11) is 0. The molecule has 0 aliphatic carbocycles. The van der Waals surface area contributed by atoms with Crippen molar-refractivity contribution in [2.75, 3.05) is 39.5 Å². The van der Waals surface area contributed by atoms with E-state index in [4.69, 9.17) is 9.47 Å². The van der Waals surface area contributed by atoms with Gasteiger partial charge in [-0.25, -0.2) is 0 Å². The highest BCUT2D eigenvalue weighted by molar-refractivity contribution is 4.91. The first-order chi connectivity index (χ1) is 8.74. The average Bonchev–Trinajstić information content (AvgIpc) is 2.35. The molecule has 0 radical (unpaired) electrons. The zero-order valence-electron chi connectivity index (χ0n) is 11.5. The van der Waals surface area contributed by atoms with Crippen LogP contribution in [0.1, 0.15) is 39.0 Å². The molecule has 2 aliphatic heterocycles. The van der Waals surface area contributed by atoms with Crippen LogP contribution < -0.4 is 0 Å². The molecule has 2 atom stereocenters. The van der Waals surface area contributed by atoms with Gasteiger partial charge < -0.3 is 9.47 Å². The van der Waals surface area contributed by atoms with E-state index in [2.05, 4.69) is 11.8 Å². The molecular weight excluding hydrogens is 233 g/mol. The SMILES string of the molecule is C[C@H]1CN(CCCCCF)C[C@@]2(CCCOC2)O1. The van der Waals surface area contributed by atoms with Crippen molar-refractivity contribution >= 4 is 0 Å². The standard InChI is InChI=1S/C14H26FNO2/c1-13-10-16(8-4-2-3-7-15)11-14(18-13)6-5-9-17-12-14/h13H,2-12H2,1H3/t13-,14+/m0/s1. The van der Waals surface area contributed by atoms with Gasteiger partial charge in [0.1, 0.15) is 5.60 Å². The van der Waals surface area contributed by atoms with Gasteiger partial charge in [-0.15, -0.1) is 0 Å². The van der Waals surface area contributed by atoms with Crippen LogP contribution in [0.2, 0.25) is 0 Å². The molecule has 3 nitrogen and oxygen atoms in total. The van der Waals surface area contributed by atoms with Gasteiger partial charge in [0, 0.05) is 19.7 Å². The van der Waals surface area contributed by atoms with E-state index in [-0.39, 0.29) is 18.4 Å². The third-order valence-electron chi connectivity index (χ3n) is 3.87. The number of morpholine rings is 1. The van der Waals surface area contributed by atoms with Crippen molar-refractivity contribution in [3.05, 3.63) is 0 Å². The molecule has 0 saturated carbocycles. The molecule has 0 aromatic heterocycles. The number of alkyl halides is 1. The second-order valence-corrected chi connectivity index (χ2v) is 5.75. The van der Waals surface area contributed by atoms with Crippen LogP contribution in [0.3, 0.4) is 0 Å². The van der Waals surface area contributed by atoms with Crippen LogP contribution in [0.15, 0.2) is 0 Å². The minimum Gasteiger partial charge on any atom is -0.378 e. The minimum atomic E-state index is -0.183. The molecule has 2 rings (SSSR count). The smallest absolute Gasteiger partial charge is 0.105 e. The largest absolute Gasteiger partial charge is 0.378 e. The first kappa shape index (κ1) is 14.2. The van der Waals surface area contributed by atoms with Crippen LogP contribution in [0, 0.1) is 0 Å². The van der Waals surface area contributed by atoms with Gasteiger partial charge in [0.25, 0.3) is 0 Å². The lowest BCUT2D eigenvalue weighted by atomic mass is 9.93. The van der Waals surface area contributed by atoms with E-state index in [1.165, 1.54) is 0 Å². The van der Waals surface area contributed by atoms with Crippen LogP contribution in [-0.4, -0.2) is 56.1 Å². The zero-order chi connectivity index (χ0) is 12.8. The second kappa shape index (κ2) is 6.83. The van der Waals surface area contributed by atoms with Crippen LogP contribution in [0.4, 0.5) is 4.39 Å². The number of hydrogen-bond acceptors (Lipinski definition) is 3. The highest BCUT2D eigenvalue weighted by Gasteiger charge is 2.40. The van der Waals surface area contributed by atoms with Crippen molar-refractivity contribution in [1.82, 2.24) is 4.90 Å². The predicted octanol–water partition coefficient (Wildman–Crippen LogP) is 2.40. The maximum atomic E-state index is 12.1. The van der Waals surface area contributed by atoms with Crippen molar-refractivity contribution < 1.29 is 13.9 Å². The van der Waals surface area contributed by atoms with E-state index < -0.39 is 0 Å². The summed E-state index contributed by atoms with van der Waals surface area (Å²) >= 11 is 0. The Morgan fingerprint density at radius 3 is 2.94 bits per heavy atom. The van der Waals surface area contributed by atoms with Crippen LogP contribution >= 0.6 is 0 Å². The van der Waals surface area contributed by atoms with Gasteiger partial charge in [-0.1, -0.05) is 0 Å². The second-order valence-electron chi connectivity index (χ2n) is 5.75. The van der Waals surface area contributed by atoms with Crippen molar-refractivity contribution in [1.29, 1.82) is 0 Å². The summed E-state index contributed by atoms with van der Waals surface area (Å²) in [6.07, 6.45) is 5.27. The molecule has 0 N–H and O–H groups in total. The third kappa shape index (κ3) is 3.90. The molecule has 2 fully saturated rings. The number of ether oxygens (including phenoxy) is 2. The normalized spacial score (nSPS) is 34.0. The highest BCUT2D eigenvalue weighted by atomic mass is 19.1. The first-order valence-electron chi connectivity index (χ1n) is 7.28. The molecule has 0 amide bonds. The summed E-state index contributed by atoms with van der Waals surface area (Å²) in [6, 6.07) is 0. The summed E-state index contributed by atoms with van der Waals surface area (Å²) in [6.45, 7) is 6.61. The van der Waals surface area contributed by atoms with Gasteiger partial charge in [-0.3, -0.25) is 9.29 Å². The highest BCUT2D eigenvalue weighted by Crippen LogP contribution is 2.30. The quantitative estimate of drug-likeness (QED) is 0.708. The molecule has 0 unspecified atom stereocenters. The third-order valence-corrected chi connectivity index (χ3v) is 3.87. The van der Waals surface area contributed by atoms with Gasteiger partial charge in [0.2, 0.25) is 0 Å². The van der Waals surface area contributed by atoms with Gasteiger partial charge in [-0.05, 0) is 45.6 Å². The monoisotopic (exact) mass is 259 g/mol. The van der Waals surface area contributed by atoms with E-state index in [1.54, 1.807) is 0 Å². The van der Waals surface area contributed by atoms with E-state index in [0.717, 1.165) is 58.5 Å². The average molecular weight is 259 g/mol. The van der Waals surface area contributed by atoms with Crippen molar-refractivity contribution in [2.24, 2.45) is 0 Å². The van der Waals surface area contributed by atoms with Gasteiger partial charge in [0.05, 0.1) is 19.4 Å². The summed E-state index contributed by atoms with van der Waals surface area (Å²) in [5.41, 5.74) is -0.0734. The van der Waals surface area contributed by atoms with Gasteiger partial charge in [0.15, 0.2) is 0 Å². The van der Waals surface area contributed by atoms with Crippen LogP contribution in [-0.2, 0) is 9.47 Å². The Balaban J connectivity index is 1.80. The Morgan fingerprint density at radius 2 is 2.22 bits per heavy atom. The van der Waals surface area contributed by atoms with E-state index >= 15 is 0 Å². The fourth-order valence-corrected chi connectivity index (χ4v) is 3.16. The summed E-state index contributed by atoms with van der Waals surface area (Å²) < 4.78 is 23.8. The Labute approximate surface area is 110 Å². The number of unbranched alkanes of at least 4 members (excludes halogenated alkanes) is 2. The molecule has 2 saturated heterocycles. The van der Waals surface area contributed by atoms with Crippen LogP contribution in [0.5, 0.6) is 0 Å². The molecule has 1 spiro atoms. The fraction of sp³-hybridized carbons (Fsp3) is 1.00. The predicted molar refractivity (Wildman–Crippen MR) is 69.6 cm³/mol. The number of rotatable bonds is 5. The Hall–Kier alpha value is -0.190. The fourth-order valence-electron chi connectivity index (χ4n) is 3.16. The molecule has 18 heavy (non-hydrogen) atoms. The summed E-state index contributed by atoms with van der Waals surface area (Å²) in [5, 5.41) is 0. The molecule has 106 valence electrons. The lowest BCUT2D eigenvalue weighted by molar-refractivity contribution is -0.196. The van der Waals surface area contributed by atoms with Crippen molar-refractivity contribution in [3.63, 3.8) is 0 Å². The molecule has 2 aliphatic rings. The van der Waals surface area contributed by atoms with Crippen LogP contribution in [0.25, 0.3) is 0 Å². The summed E-state index contributed by atoms with van der Waals surface area (Å²) in [5.74, 6) is 0. The zero-order valence-corrected chi connectivity index (χ0v) is 11.5. The topological polar surface area (TPSA) is 21.7 Å². The molecular formula is C14H26FNO2. The Kier molecular flexibility index (Phi) is 5.39. The maximum absolute atomic E-state index is 12.1. The number of nitrogens with zero attached hydrogens (tertiary/aromatic N) is 1. The van der Waals surface area contributed by atoms with Crippen molar-refractivity contribution in [3.8, 4) is 0 Å². The molecule has 0 bridgehead atoms. The maximum Gasteiger partial charge on any atom is 0.105 e. The van der Waals surface area contributed by atoms with E-state index in [0.29, 0.717) is 6.42 Å². The first-order valence-corrected chi connectivity index (χ1v) is 7.28. The molecule has 0 aromatic rings.